The fraction of sp³-hybridized carbons (Fsp3) is 1.00. The molecule has 0 aliphatic heterocycles. The Bertz CT molecular complexity index is 410. The van der Waals surface area contributed by atoms with Crippen LogP contribution in [0.25, 0.3) is 0 Å². The Morgan fingerprint density at radius 3 is 1.95 bits per heavy atom. The van der Waals surface area contributed by atoms with Crippen LogP contribution in [0.4, 0.5) is 0 Å². The minimum Gasteiger partial charge on any atom is -0.330 e. The predicted octanol–water partition coefficient (Wildman–Crippen LogP) is 2.06. The molecule has 0 amide bonds. The Labute approximate surface area is 115 Å². The first-order valence-corrected chi connectivity index (χ1v) is 9.14. The van der Waals surface area contributed by atoms with Crippen molar-refractivity contribution in [1.82, 2.24) is 0 Å². The zero-order valence-corrected chi connectivity index (χ0v) is 12.2. The summed E-state index contributed by atoms with van der Waals surface area (Å²) in [6, 6.07) is 0. The van der Waals surface area contributed by atoms with E-state index >= 15 is 0 Å². The van der Waals surface area contributed by atoms with E-state index in [1.807, 2.05) is 0 Å². The van der Waals surface area contributed by atoms with Gasteiger partial charge in [0.15, 0.2) is 0 Å². The average molecular weight is 287 g/mol. The zero-order chi connectivity index (χ0) is 13.7. The monoisotopic (exact) mass is 287 g/mol. The fourth-order valence-corrected chi connectivity index (χ4v) is 6.51. The number of hydrogen-bond acceptors (Lipinski definition) is 3. The molecule has 0 radical (unpaired) electrons. The van der Waals surface area contributed by atoms with Crippen LogP contribution in [0.5, 0.6) is 0 Å². The lowest BCUT2D eigenvalue weighted by Crippen LogP contribution is -2.47. The molecule has 0 aromatic rings. The predicted molar refractivity (Wildman–Crippen MR) is 74.2 cm³/mol. The van der Waals surface area contributed by atoms with Crippen LogP contribution in [-0.4, -0.2) is 25.3 Å². The molecule has 5 heteroatoms. The summed E-state index contributed by atoms with van der Waals surface area (Å²) in [4.78, 5) is 0. The van der Waals surface area contributed by atoms with Gasteiger partial charge in [-0.3, -0.25) is 4.55 Å². The third kappa shape index (κ3) is 2.98. The lowest BCUT2D eigenvalue weighted by Gasteiger charge is -2.57. The molecule has 4 nitrogen and oxygen atoms in total. The SMILES string of the molecule is NCC(CC12CC3CC(CC(C3)C1)C2)CS(=O)(=O)O. The quantitative estimate of drug-likeness (QED) is 0.758. The Kier molecular flexibility index (Phi) is 3.43. The summed E-state index contributed by atoms with van der Waals surface area (Å²) in [7, 11) is -3.90. The van der Waals surface area contributed by atoms with Crippen molar-refractivity contribution >= 4 is 10.1 Å². The molecule has 4 aliphatic carbocycles. The van der Waals surface area contributed by atoms with Crippen LogP contribution in [0, 0.1) is 29.1 Å². The van der Waals surface area contributed by atoms with Gasteiger partial charge in [0.2, 0.25) is 0 Å². The molecule has 4 rings (SSSR count). The molecule has 4 bridgehead atoms. The van der Waals surface area contributed by atoms with Crippen LogP contribution in [0.1, 0.15) is 44.9 Å². The Balaban J connectivity index is 1.71. The normalized spacial score (nSPS) is 42.5. The van der Waals surface area contributed by atoms with Gasteiger partial charge in [0, 0.05) is 0 Å². The molecule has 0 aromatic heterocycles. The van der Waals surface area contributed by atoms with Crippen molar-refractivity contribution in [1.29, 1.82) is 0 Å². The van der Waals surface area contributed by atoms with Crippen LogP contribution in [0.2, 0.25) is 0 Å². The second-order valence-electron chi connectivity index (χ2n) is 7.47. The highest BCUT2D eigenvalue weighted by atomic mass is 32.2. The Morgan fingerprint density at radius 1 is 1.11 bits per heavy atom. The lowest BCUT2D eigenvalue weighted by molar-refractivity contribution is -0.0635. The van der Waals surface area contributed by atoms with E-state index in [-0.39, 0.29) is 11.7 Å². The van der Waals surface area contributed by atoms with Crippen LogP contribution < -0.4 is 5.73 Å². The molecule has 0 heterocycles. The van der Waals surface area contributed by atoms with Crippen molar-refractivity contribution in [3.63, 3.8) is 0 Å². The molecule has 0 aromatic carbocycles. The van der Waals surface area contributed by atoms with Gasteiger partial charge in [-0.2, -0.15) is 8.42 Å². The topological polar surface area (TPSA) is 80.4 Å². The van der Waals surface area contributed by atoms with E-state index in [1.54, 1.807) is 0 Å². The third-order valence-corrected chi connectivity index (χ3v) is 6.56. The molecule has 3 N–H and O–H groups in total. The largest absolute Gasteiger partial charge is 0.330 e. The van der Waals surface area contributed by atoms with E-state index in [1.165, 1.54) is 38.5 Å². The van der Waals surface area contributed by atoms with E-state index in [2.05, 4.69) is 0 Å². The van der Waals surface area contributed by atoms with Crippen LogP contribution in [0.3, 0.4) is 0 Å². The number of nitrogens with two attached hydrogens (primary N) is 1. The van der Waals surface area contributed by atoms with Gasteiger partial charge in [0.05, 0.1) is 5.75 Å². The summed E-state index contributed by atoms with van der Waals surface area (Å²) in [5, 5.41) is 0. The van der Waals surface area contributed by atoms with Crippen molar-refractivity contribution in [2.24, 2.45) is 34.8 Å². The van der Waals surface area contributed by atoms with Gasteiger partial charge in [0.1, 0.15) is 0 Å². The third-order valence-electron chi connectivity index (χ3n) is 5.67. The van der Waals surface area contributed by atoms with Gasteiger partial charge >= 0.3 is 0 Å². The maximum Gasteiger partial charge on any atom is 0.265 e. The molecule has 1 unspecified atom stereocenters. The van der Waals surface area contributed by atoms with E-state index in [4.69, 9.17) is 10.3 Å². The molecule has 110 valence electrons. The van der Waals surface area contributed by atoms with Gasteiger partial charge in [0.25, 0.3) is 10.1 Å². The summed E-state index contributed by atoms with van der Waals surface area (Å²) >= 11 is 0. The Hall–Kier alpha value is -0.130. The smallest absolute Gasteiger partial charge is 0.265 e. The lowest BCUT2D eigenvalue weighted by atomic mass is 9.48. The summed E-state index contributed by atoms with van der Waals surface area (Å²) in [6.07, 6.45) is 8.87. The summed E-state index contributed by atoms with van der Waals surface area (Å²) in [6.45, 7) is 0.363. The summed E-state index contributed by atoms with van der Waals surface area (Å²) in [5.41, 5.74) is 6.07. The highest BCUT2D eigenvalue weighted by Crippen LogP contribution is 2.62. The molecule has 0 saturated heterocycles. The van der Waals surface area contributed by atoms with Crippen molar-refractivity contribution in [2.75, 3.05) is 12.3 Å². The fourth-order valence-electron chi connectivity index (χ4n) is 5.66. The van der Waals surface area contributed by atoms with Gasteiger partial charge in [-0.05, 0) is 80.6 Å². The minimum atomic E-state index is -3.90. The number of rotatable bonds is 5. The summed E-state index contributed by atoms with van der Waals surface area (Å²) < 4.78 is 31.2. The minimum absolute atomic E-state index is 0.0775. The molecule has 19 heavy (non-hydrogen) atoms. The first-order valence-electron chi connectivity index (χ1n) is 7.53. The maximum absolute atomic E-state index is 11.1. The van der Waals surface area contributed by atoms with Gasteiger partial charge < -0.3 is 5.73 Å². The van der Waals surface area contributed by atoms with Crippen molar-refractivity contribution in [3.8, 4) is 0 Å². The van der Waals surface area contributed by atoms with Gasteiger partial charge in [-0.15, -0.1) is 0 Å². The molecular formula is C14H25NO3S. The van der Waals surface area contributed by atoms with Crippen molar-refractivity contribution in [3.05, 3.63) is 0 Å². The molecule has 4 aliphatic rings. The van der Waals surface area contributed by atoms with Crippen LogP contribution in [-0.2, 0) is 10.1 Å². The summed E-state index contributed by atoms with van der Waals surface area (Å²) in [5.74, 6) is 2.37. The maximum atomic E-state index is 11.1. The van der Waals surface area contributed by atoms with E-state index in [9.17, 15) is 8.42 Å². The second-order valence-corrected chi connectivity index (χ2v) is 8.97. The van der Waals surface area contributed by atoms with E-state index < -0.39 is 10.1 Å². The molecule has 0 spiro atoms. The van der Waals surface area contributed by atoms with Gasteiger partial charge in [-0.25, -0.2) is 0 Å². The van der Waals surface area contributed by atoms with E-state index in [0.717, 1.165) is 24.2 Å². The standard InChI is InChI=1S/C14H25NO3S/c15-8-13(9-19(16,17)18)7-14-4-10-1-11(5-14)3-12(2-10)6-14/h10-13H,1-9,15H2,(H,16,17,18). The highest BCUT2D eigenvalue weighted by Gasteiger charge is 2.51. The van der Waals surface area contributed by atoms with Gasteiger partial charge in [-0.1, -0.05) is 0 Å². The average Bonchev–Trinajstić information content (AvgIpc) is 2.23. The van der Waals surface area contributed by atoms with Crippen molar-refractivity contribution < 1.29 is 13.0 Å². The molecule has 4 fully saturated rings. The second kappa shape index (κ2) is 4.71. The van der Waals surface area contributed by atoms with Crippen LogP contribution >= 0.6 is 0 Å². The van der Waals surface area contributed by atoms with Crippen molar-refractivity contribution in [2.45, 2.75) is 44.9 Å². The Morgan fingerprint density at radius 2 is 1.58 bits per heavy atom. The van der Waals surface area contributed by atoms with E-state index in [0.29, 0.717) is 12.0 Å². The number of hydrogen-bond donors (Lipinski definition) is 2. The highest BCUT2D eigenvalue weighted by molar-refractivity contribution is 7.85. The van der Waals surface area contributed by atoms with Crippen LogP contribution in [0.15, 0.2) is 0 Å². The molecule has 4 saturated carbocycles. The first kappa shape index (κ1) is 13.8. The molecular weight excluding hydrogens is 262 g/mol. The molecule has 1 atom stereocenters. The first-order chi connectivity index (χ1) is 8.87. The zero-order valence-electron chi connectivity index (χ0n) is 11.4.